The molecular weight excluding hydrogens is 382 g/mol. The van der Waals surface area contributed by atoms with Crippen molar-refractivity contribution in [1.29, 1.82) is 0 Å². The van der Waals surface area contributed by atoms with Crippen molar-refractivity contribution < 1.29 is 9.53 Å². The lowest BCUT2D eigenvalue weighted by Crippen LogP contribution is -2.50. The van der Waals surface area contributed by atoms with Crippen LogP contribution in [-0.2, 0) is 13.2 Å². The number of nitrogens with zero attached hydrogens (tertiary/aromatic N) is 2. The highest BCUT2D eigenvalue weighted by Crippen LogP contribution is 2.27. The Bertz CT molecular complexity index is 795. The van der Waals surface area contributed by atoms with Crippen molar-refractivity contribution in [1.82, 2.24) is 15.2 Å². The fourth-order valence-corrected chi connectivity index (χ4v) is 3.63. The third kappa shape index (κ3) is 7.03. The van der Waals surface area contributed by atoms with Gasteiger partial charge in [0.05, 0.1) is 12.2 Å². The monoisotopic (exact) mass is 417 g/mol. The molecule has 0 aliphatic carbocycles. The van der Waals surface area contributed by atoms with Gasteiger partial charge in [-0.25, -0.2) is 9.78 Å². The van der Waals surface area contributed by atoms with Crippen LogP contribution in [0.15, 0.2) is 29.6 Å². The Balaban J connectivity index is 2.05. The first kappa shape index (κ1) is 23.2. The molecule has 1 N–H and O–H groups in total. The predicted molar refractivity (Wildman–Crippen MR) is 121 cm³/mol. The van der Waals surface area contributed by atoms with E-state index < -0.39 is 0 Å². The van der Waals surface area contributed by atoms with Gasteiger partial charge in [-0.05, 0) is 51.7 Å². The van der Waals surface area contributed by atoms with Gasteiger partial charge in [0.25, 0.3) is 0 Å². The van der Waals surface area contributed by atoms with E-state index in [9.17, 15) is 4.79 Å². The van der Waals surface area contributed by atoms with Crippen molar-refractivity contribution in [3.05, 3.63) is 45.9 Å². The summed E-state index contributed by atoms with van der Waals surface area (Å²) in [5, 5.41) is 6.00. The normalized spacial score (nSPS) is 12.7. The van der Waals surface area contributed by atoms with Crippen molar-refractivity contribution in [3.8, 4) is 5.75 Å². The summed E-state index contributed by atoms with van der Waals surface area (Å²) in [7, 11) is 0. The minimum atomic E-state index is -0.270. The number of carbonyl (C=O) groups is 1. The molecule has 160 valence electrons. The summed E-state index contributed by atoms with van der Waals surface area (Å²) >= 11 is 1.57. The van der Waals surface area contributed by atoms with E-state index in [4.69, 9.17) is 9.72 Å². The molecule has 5 nitrogen and oxygen atoms in total. The van der Waals surface area contributed by atoms with Crippen LogP contribution in [0.1, 0.15) is 77.1 Å². The molecule has 1 atom stereocenters. The molecule has 6 heteroatoms. The zero-order valence-corrected chi connectivity index (χ0v) is 19.6. The van der Waals surface area contributed by atoms with Crippen LogP contribution in [0.2, 0.25) is 0 Å². The van der Waals surface area contributed by atoms with Gasteiger partial charge in [-0.2, -0.15) is 0 Å². The molecule has 0 aliphatic heterocycles. The topological polar surface area (TPSA) is 54.5 Å². The van der Waals surface area contributed by atoms with Gasteiger partial charge in [-0.3, -0.25) is 0 Å². The number of aromatic nitrogens is 1. The first-order valence-corrected chi connectivity index (χ1v) is 11.2. The fourth-order valence-electron chi connectivity index (χ4n) is 2.93. The van der Waals surface area contributed by atoms with Crippen LogP contribution in [0.3, 0.4) is 0 Å². The van der Waals surface area contributed by atoms with E-state index in [0.717, 1.165) is 22.9 Å². The van der Waals surface area contributed by atoms with E-state index in [1.54, 1.807) is 11.3 Å². The Morgan fingerprint density at radius 3 is 2.55 bits per heavy atom. The molecule has 0 spiro atoms. The smallest absolute Gasteiger partial charge is 0.318 e. The summed E-state index contributed by atoms with van der Waals surface area (Å²) in [6.45, 7) is 15.4. The molecule has 1 aromatic carbocycles. The number of carbonyl (C=O) groups excluding carboxylic acids is 1. The van der Waals surface area contributed by atoms with E-state index >= 15 is 0 Å². The molecule has 2 aromatic rings. The molecular formula is C23H35N3O2S. The molecule has 0 saturated carbocycles. The Labute approximate surface area is 179 Å². The molecule has 0 fully saturated rings. The second-order valence-corrected chi connectivity index (χ2v) is 9.72. The number of para-hydroxylation sites is 1. The van der Waals surface area contributed by atoms with Crippen LogP contribution >= 0.6 is 11.3 Å². The van der Waals surface area contributed by atoms with Gasteiger partial charge in [-0.1, -0.05) is 39.0 Å². The van der Waals surface area contributed by atoms with Gasteiger partial charge in [0.2, 0.25) is 0 Å². The van der Waals surface area contributed by atoms with Crippen molar-refractivity contribution in [3.63, 3.8) is 0 Å². The number of amides is 2. The first-order valence-electron chi connectivity index (χ1n) is 10.3. The quantitative estimate of drug-likeness (QED) is 0.577. The number of benzene rings is 1. The molecule has 1 aromatic heterocycles. The highest BCUT2D eigenvalue weighted by Gasteiger charge is 2.24. The van der Waals surface area contributed by atoms with E-state index in [1.165, 1.54) is 5.56 Å². The zero-order valence-electron chi connectivity index (χ0n) is 18.8. The number of hydrogen-bond donors (Lipinski definition) is 1. The summed E-state index contributed by atoms with van der Waals surface area (Å²) in [5.74, 6) is 1.31. The second kappa shape index (κ2) is 10.1. The van der Waals surface area contributed by atoms with Crippen molar-refractivity contribution in [2.45, 2.75) is 85.5 Å². The van der Waals surface area contributed by atoms with Crippen molar-refractivity contribution in [2.75, 3.05) is 0 Å². The molecule has 1 heterocycles. The van der Waals surface area contributed by atoms with Gasteiger partial charge in [0, 0.05) is 17.0 Å². The predicted octanol–water partition coefficient (Wildman–Crippen LogP) is 5.95. The summed E-state index contributed by atoms with van der Waals surface area (Å²) < 4.78 is 6.04. The molecule has 0 saturated heterocycles. The lowest BCUT2D eigenvalue weighted by Gasteiger charge is -2.32. The number of rotatable bonds is 8. The third-order valence-corrected chi connectivity index (χ3v) is 5.56. The van der Waals surface area contributed by atoms with Gasteiger partial charge in [-0.15, -0.1) is 11.3 Å². The van der Waals surface area contributed by atoms with Crippen LogP contribution in [-0.4, -0.2) is 27.5 Å². The number of hydrogen-bond acceptors (Lipinski definition) is 4. The Morgan fingerprint density at radius 1 is 1.24 bits per heavy atom. The molecule has 0 radical (unpaired) electrons. The Kier molecular flexibility index (Phi) is 8.08. The fraction of sp³-hybridized carbons (Fsp3) is 0.565. The molecule has 0 bridgehead atoms. The molecule has 2 amide bonds. The minimum absolute atomic E-state index is 0.0523. The first-order chi connectivity index (χ1) is 13.6. The van der Waals surface area contributed by atoms with E-state index in [0.29, 0.717) is 19.1 Å². The Morgan fingerprint density at radius 2 is 1.93 bits per heavy atom. The van der Waals surface area contributed by atoms with Crippen LogP contribution in [0.5, 0.6) is 5.75 Å². The number of ether oxygens (including phenoxy) is 1. The van der Waals surface area contributed by atoms with Gasteiger partial charge < -0.3 is 15.0 Å². The molecule has 2 rings (SSSR count). The van der Waals surface area contributed by atoms with E-state index in [1.807, 2.05) is 49.3 Å². The second-order valence-electron chi connectivity index (χ2n) is 8.78. The highest BCUT2D eigenvalue weighted by atomic mass is 32.1. The minimum Gasteiger partial charge on any atom is -0.486 e. The summed E-state index contributed by atoms with van der Waals surface area (Å²) in [4.78, 5) is 19.3. The summed E-state index contributed by atoms with van der Waals surface area (Å²) in [6.07, 6.45) is 0.893. The molecule has 1 unspecified atom stereocenters. The van der Waals surface area contributed by atoms with Crippen LogP contribution < -0.4 is 10.1 Å². The average Bonchev–Trinajstić information content (AvgIpc) is 3.10. The third-order valence-electron chi connectivity index (χ3n) is 4.69. The number of thiazole rings is 1. The van der Waals surface area contributed by atoms with Gasteiger partial charge >= 0.3 is 6.03 Å². The lowest BCUT2D eigenvalue weighted by atomic mass is 10.0. The van der Waals surface area contributed by atoms with Crippen molar-refractivity contribution in [2.24, 2.45) is 0 Å². The van der Waals surface area contributed by atoms with Gasteiger partial charge in [0.1, 0.15) is 17.4 Å². The summed E-state index contributed by atoms with van der Waals surface area (Å²) in [5.41, 5.74) is 1.83. The average molecular weight is 418 g/mol. The van der Waals surface area contributed by atoms with Crippen LogP contribution in [0.25, 0.3) is 0 Å². The largest absolute Gasteiger partial charge is 0.486 e. The maximum Gasteiger partial charge on any atom is 0.318 e. The number of urea groups is 1. The summed E-state index contributed by atoms with van der Waals surface area (Å²) in [6, 6.07) is 8.22. The standard InChI is InChI=1S/C23H35N3O2S/c1-8-17(4)26(22(27)25-23(5,6)7)13-18-15-29-21(24-18)14-28-20-12-10-9-11-19(20)16(2)3/h9-12,15-17H,8,13-14H2,1-7H3,(H,25,27). The van der Waals surface area contributed by atoms with E-state index in [-0.39, 0.29) is 17.6 Å². The van der Waals surface area contributed by atoms with E-state index in [2.05, 4.69) is 39.1 Å². The van der Waals surface area contributed by atoms with Crippen molar-refractivity contribution >= 4 is 17.4 Å². The highest BCUT2D eigenvalue weighted by molar-refractivity contribution is 7.09. The number of nitrogens with one attached hydrogen (secondary N) is 1. The zero-order chi connectivity index (χ0) is 21.6. The maximum absolute atomic E-state index is 12.7. The maximum atomic E-state index is 12.7. The molecule has 0 aliphatic rings. The molecule has 29 heavy (non-hydrogen) atoms. The van der Waals surface area contributed by atoms with Crippen LogP contribution in [0, 0.1) is 0 Å². The Hall–Kier alpha value is -2.08. The van der Waals surface area contributed by atoms with Gasteiger partial charge in [0.15, 0.2) is 0 Å². The SMILES string of the molecule is CCC(C)N(Cc1csc(COc2ccccc2C(C)C)n1)C(=O)NC(C)(C)C. The van der Waals surface area contributed by atoms with Crippen LogP contribution in [0.4, 0.5) is 4.79 Å². The lowest BCUT2D eigenvalue weighted by molar-refractivity contribution is 0.164.